The maximum atomic E-state index is 6.19. The zero-order chi connectivity index (χ0) is 10.4. The molecule has 3 nitrogen and oxygen atoms in total. The molecule has 14 heavy (non-hydrogen) atoms. The molecular weight excluding hydrogens is 176 g/mol. The predicted octanol–water partition coefficient (Wildman–Crippen LogP) is 0.449. The fraction of sp³-hybridized carbons (Fsp3) is 0.818. The summed E-state index contributed by atoms with van der Waals surface area (Å²) in [5, 5.41) is 0. The first-order chi connectivity index (χ1) is 6.70. The third kappa shape index (κ3) is 3.30. The van der Waals surface area contributed by atoms with E-state index in [4.69, 9.17) is 16.9 Å². The fourth-order valence-corrected chi connectivity index (χ4v) is 1.85. The van der Waals surface area contributed by atoms with Gasteiger partial charge in [-0.2, -0.15) is 0 Å². The second-order valence-electron chi connectivity index (χ2n) is 4.08. The molecule has 3 heteroatoms. The van der Waals surface area contributed by atoms with Crippen LogP contribution in [0.5, 0.6) is 0 Å². The maximum absolute atomic E-state index is 6.19. The van der Waals surface area contributed by atoms with Gasteiger partial charge in [-0.25, -0.2) is 0 Å². The Morgan fingerprint density at radius 2 is 2.43 bits per heavy atom. The highest BCUT2D eigenvalue weighted by atomic mass is 16.5. The number of terminal acetylenes is 1. The molecule has 1 aliphatic heterocycles. The van der Waals surface area contributed by atoms with Gasteiger partial charge in [0.25, 0.3) is 0 Å². The highest BCUT2D eigenvalue weighted by Gasteiger charge is 2.31. The normalized spacial score (nSPS) is 26.7. The molecule has 1 atom stereocenters. The van der Waals surface area contributed by atoms with E-state index in [2.05, 4.69) is 17.7 Å². The van der Waals surface area contributed by atoms with Crippen LogP contribution in [-0.2, 0) is 4.74 Å². The van der Waals surface area contributed by atoms with E-state index in [1.807, 2.05) is 0 Å². The van der Waals surface area contributed by atoms with Gasteiger partial charge in [0, 0.05) is 13.2 Å². The van der Waals surface area contributed by atoms with Crippen molar-refractivity contribution in [1.82, 2.24) is 4.90 Å². The lowest BCUT2D eigenvalue weighted by Gasteiger charge is -2.29. The minimum absolute atomic E-state index is 0.175. The molecule has 1 fully saturated rings. The van der Waals surface area contributed by atoms with Gasteiger partial charge in [-0.05, 0) is 19.4 Å². The monoisotopic (exact) mass is 196 g/mol. The van der Waals surface area contributed by atoms with Crippen molar-refractivity contribution in [3.05, 3.63) is 0 Å². The third-order valence-electron chi connectivity index (χ3n) is 2.53. The third-order valence-corrected chi connectivity index (χ3v) is 2.53. The van der Waals surface area contributed by atoms with Crippen molar-refractivity contribution in [3.8, 4) is 12.3 Å². The zero-order valence-electron chi connectivity index (χ0n) is 8.96. The summed E-state index contributed by atoms with van der Waals surface area (Å²) >= 11 is 0. The van der Waals surface area contributed by atoms with Gasteiger partial charge in [-0.15, -0.1) is 6.42 Å². The fourth-order valence-electron chi connectivity index (χ4n) is 1.85. The highest BCUT2D eigenvalue weighted by molar-refractivity contribution is 4.95. The van der Waals surface area contributed by atoms with Crippen molar-refractivity contribution in [1.29, 1.82) is 0 Å². The molecule has 0 amide bonds. The first-order valence-electron chi connectivity index (χ1n) is 5.22. The Balaban J connectivity index is 2.41. The van der Waals surface area contributed by atoms with Crippen LogP contribution in [0.25, 0.3) is 0 Å². The van der Waals surface area contributed by atoms with Crippen LogP contribution in [-0.4, -0.2) is 43.3 Å². The lowest BCUT2D eigenvalue weighted by molar-refractivity contribution is 0.157. The summed E-state index contributed by atoms with van der Waals surface area (Å²) in [6.07, 6.45) is 7.37. The Morgan fingerprint density at radius 3 is 2.93 bits per heavy atom. The van der Waals surface area contributed by atoms with Crippen LogP contribution in [0.3, 0.4) is 0 Å². The molecule has 1 saturated heterocycles. The Bertz CT molecular complexity index is 204. The van der Waals surface area contributed by atoms with Gasteiger partial charge in [0.2, 0.25) is 0 Å². The molecule has 2 N–H and O–H groups in total. The molecule has 0 bridgehead atoms. The van der Waals surface area contributed by atoms with Gasteiger partial charge in [0.1, 0.15) is 0 Å². The molecule has 0 aliphatic carbocycles. The van der Waals surface area contributed by atoms with Crippen LogP contribution in [0.1, 0.15) is 19.8 Å². The van der Waals surface area contributed by atoms with E-state index >= 15 is 0 Å². The van der Waals surface area contributed by atoms with Gasteiger partial charge in [0.15, 0.2) is 0 Å². The molecule has 0 spiro atoms. The largest absolute Gasteiger partial charge is 0.379 e. The second-order valence-corrected chi connectivity index (χ2v) is 4.08. The Labute approximate surface area is 86.6 Å². The summed E-state index contributed by atoms with van der Waals surface area (Å²) in [6, 6.07) is 0. The average molecular weight is 196 g/mol. The molecule has 1 aliphatic rings. The van der Waals surface area contributed by atoms with Crippen molar-refractivity contribution in [3.63, 3.8) is 0 Å². The van der Waals surface area contributed by atoms with E-state index in [9.17, 15) is 0 Å². The number of nitrogens with zero attached hydrogens (tertiary/aromatic N) is 1. The first kappa shape index (κ1) is 11.5. The first-order valence-corrected chi connectivity index (χ1v) is 5.22. The molecule has 80 valence electrons. The Kier molecular flexibility index (Phi) is 4.40. The zero-order valence-corrected chi connectivity index (χ0v) is 8.96. The van der Waals surface area contributed by atoms with E-state index in [-0.39, 0.29) is 5.54 Å². The van der Waals surface area contributed by atoms with Crippen LogP contribution in [0.2, 0.25) is 0 Å². The number of hydrogen-bond donors (Lipinski definition) is 1. The van der Waals surface area contributed by atoms with Crippen LogP contribution in [0.4, 0.5) is 0 Å². The van der Waals surface area contributed by atoms with Gasteiger partial charge < -0.3 is 10.5 Å². The number of nitrogens with two attached hydrogens (primary N) is 1. The lowest BCUT2D eigenvalue weighted by Crippen LogP contribution is -2.51. The van der Waals surface area contributed by atoms with Crippen molar-refractivity contribution < 1.29 is 4.74 Å². The molecule has 0 aromatic carbocycles. The molecule has 0 aromatic rings. The summed E-state index contributed by atoms with van der Waals surface area (Å²) in [5.74, 6) is 2.67. The maximum Gasteiger partial charge on any atom is 0.0659 e. The second kappa shape index (κ2) is 5.35. The van der Waals surface area contributed by atoms with Gasteiger partial charge in [-0.3, -0.25) is 4.90 Å². The SMILES string of the molecule is C#CCN(CCC)CC1(N)CCOC1. The molecule has 0 saturated carbocycles. The highest BCUT2D eigenvalue weighted by Crippen LogP contribution is 2.16. The Morgan fingerprint density at radius 1 is 1.64 bits per heavy atom. The molecule has 0 aromatic heterocycles. The summed E-state index contributed by atoms with van der Waals surface area (Å²) in [5.41, 5.74) is 6.01. The minimum atomic E-state index is -0.175. The molecule has 0 radical (unpaired) electrons. The minimum Gasteiger partial charge on any atom is -0.379 e. The molecule has 1 unspecified atom stereocenters. The molecule has 1 rings (SSSR count). The van der Waals surface area contributed by atoms with E-state index in [0.29, 0.717) is 13.2 Å². The topological polar surface area (TPSA) is 38.5 Å². The van der Waals surface area contributed by atoms with E-state index in [1.54, 1.807) is 0 Å². The average Bonchev–Trinajstić information content (AvgIpc) is 2.53. The number of rotatable bonds is 5. The smallest absolute Gasteiger partial charge is 0.0659 e. The van der Waals surface area contributed by atoms with Crippen molar-refractivity contribution in [2.75, 3.05) is 32.8 Å². The summed E-state index contributed by atoms with van der Waals surface area (Å²) in [6.45, 7) is 6.16. The van der Waals surface area contributed by atoms with Crippen LogP contribution >= 0.6 is 0 Å². The Hall–Kier alpha value is -0.560. The predicted molar refractivity (Wildman–Crippen MR) is 57.9 cm³/mol. The van der Waals surface area contributed by atoms with E-state index in [1.165, 1.54) is 0 Å². The number of hydrogen-bond acceptors (Lipinski definition) is 3. The quantitative estimate of drug-likeness (QED) is 0.649. The van der Waals surface area contributed by atoms with Crippen molar-refractivity contribution in [2.24, 2.45) is 5.73 Å². The number of ether oxygens (including phenoxy) is 1. The van der Waals surface area contributed by atoms with Crippen LogP contribution in [0, 0.1) is 12.3 Å². The van der Waals surface area contributed by atoms with E-state index < -0.39 is 0 Å². The standard InChI is InChI=1S/C11H20N2O/c1-3-6-13(7-4-2)9-11(12)5-8-14-10-11/h1H,4-10,12H2,2H3. The van der Waals surface area contributed by atoms with Gasteiger partial charge in [0.05, 0.1) is 18.7 Å². The summed E-state index contributed by atoms with van der Waals surface area (Å²) < 4.78 is 5.31. The lowest BCUT2D eigenvalue weighted by atomic mass is 9.99. The molecule has 1 heterocycles. The summed E-state index contributed by atoms with van der Waals surface area (Å²) in [4.78, 5) is 2.23. The summed E-state index contributed by atoms with van der Waals surface area (Å²) in [7, 11) is 0. The van der Waals surface area contributed by atoms with Crippen LogP contribution < -0.4 is 5.73 Å². The molecular formula is C11H20N2O. The van der Waals surface area contributed by atoms with Gasteiger partial charge in [-0.1, -0.05) is 12.8 Å². The van der Waals surface area contributed by atoms with Crippen LogP contribution in [0.15, 0.2) is 0 Å². The van der Waals surface area contributed by atoms with E-state index in [0.717, 1.165) is 32.5 Å². The van der Waals surface area contributed by atoms with Gasteiger partial charge >= 0.3 is 0 Å². The van der Waals surface area contributed by atoms with Crippen molar-refractivity contribution in [2.45, 2.75) is 25.3 Å². The van der Waals surface area contributed by atoms with Crippen molar-refractivity contribution >= 4 is 0 Å².